The van der Waals surface area contributed by atoms with Gasteiger partial charge >= 0.3 is 0 Å². The zero-order valence-corrected chi connectivity index (χ0v) is 7.70. The number of oxime groups is 1. The van der Waals surface area contributed by atoms with Crippen LogP contribution in [0.5, 0.6) is 0 Å². The highest BCUT2D eigenvalue weighted by molar-refractivity contribution is 5.62. The zero-order valence-electron chi connectivity index (χ0n) is 7.70. The molecule has 0 fully saturated rings. The summed E-state index contributed by atoms with van der Waals surface area (Å²) in [6, 6.07) is 0. The topological polar surface area (TPSA) is 41.8 Å². The van der Waals surface area contributed by atoms with Crippen LogP contribution in [0.4, 0.5) is 4.39 Å². The van der Waals surface area contributed by atoms with Crippen LogP contribution >= 0.6 is 0 Å². The molecular formula is C8H16FNO2. The van der Waals surface area contributed by atoms with E-state index in [1.807, 2.05) is 0 Å². The van der Waals surface area contributed by atoms with Gasteiger partial charge < -0.3 is 9.94 Å². The minimum Gasteiger partial charge on any atom is -0.399 e. The molecule has 0 heterocycles. The minimum absolute atomic E-state index is 0.436. The van der Waals surface area contributed by atoms with Gasteiger partial charge in [-0.1, -0.05) is 19.0 Å². The predicted octanol–water partition coefficient (Wildman–Crippen LogP) is 1.36. The van der Waals surface area contributed by atoms with Gasteiger partial charge in [-0.2, -0.15) is 0 Å². The number of halogens is 1. The van der Waals surface area contributed by atoms with E-state index in [1.165, 1.54) is 7.11 Å². The van der Waals surface area contributed by atoms with E-state index in [4.69, 9.17) is 0 Å². The van der Waals surface area contributed by atoms with E-state index in [9.17, 15) is 9.50 Å². The van der Waals surface area contributed by atoms with Crippen molar-refractivity contribution in [3.05, 3.63) is 0 Å². The Kier molecular flexibility index (Phi) is 5.62. The van der Waals surface area contributed by atoms with Crippen molar-refractivity contribution in [3.63, 3.8) is 0 Å². The highest BCUT2D eigenvalue weighted by Gasteiger charge is 2.21. The molecule has 72 valence electrons. The van der Waals surface area contributed by atoms with Crippen molar-refractivity contribution in [1.82, 2.24) is 0 Å². The standard InChI is InChI=1S/C8H16FNO2/c1-4-8(11)6(2)7(9)5-10-12-3/h5-8,11H,4H2,1-3H3/b10-5+/t6-,7+,8+/m0/s1. The van der Waals surface area contributed by atoms with Gasteiger partial charge in [0, 0.05) is 5.92 Å². The highest BCUT2D eigenvalue weighted by Crippen LogP contribution is 2.13. The summed E-state index contributed by atoms with van der Waals surface area (Å²) in [6.07, 6.45) is -0.269. The van der Waals surface area contributed by atoms with E-state index < -0.39 is 18.2 Å². The molecule has 0 spiro atoms. The van der Waals surface area contributed by atoms with Crippen molar-refractivity contribution in [2.24, 2.45) is 11.1 Å². The zero-order chi connectivity index (χ0) is 9.56. The summed E-state index contributed by atoms with van der Waals surface area (Å²) >= 11 is 0. The fourth-order valence-electron chi connectivity index (χ4n) is 0.839. The molecule has 3 nitrogen and oxygen atoms in total. The molecule has 4 heteroatoms. The van der Waals surface area contributed by atoms with Crippen LogP contribution in [0, 0.1) is 5.92 Å². The van der Waals surface area contributed by atoms with Crippen LogP contribution in [0.1, 0.15) is 20.3 Å². The third-order valence-electron chi connectivity index (χ3n) is 1.84. The largest absolute Gasteiger partial charge is 0.399 e. The van der Waals surface area contributed by atoms with Crippen molar-refractivity contribution in [2.45, 2.75) is 32.5 Å². The Morgan fingerprint density at radius 2 is 2.25 bits per heavy atom. The molecule has 0 saturated carbocycles. The Balaban J connectivity index is 3.91. The molecule has 0 rings (SSSR count). The molecule has 0 bridgehead atoms. The van der Waals surface area contributed by atoms with Gasteiger partial charge in [0.05, 0.1) is 12.3 Å². The lowest BCUT2D eigenvalue weighted by molar-refractivity contribution is 0.0827. The molecule has 0 aromatic carbocycles. The third kappa shape index (κ3) is 3.67. The first-order valence-electron chi connectivity index (χ1n) is 4.02. The minimum atomic E-state index is -1.25. The van der Waals surface area contributed by atoms with Gasteiger partial charge in [0.1, 0.15) is 13.3 Å². The third-order valence-corrected chi connectivity index (χ3v) is 1.84. The molecule has 0 radical (unpaired) electrons. The summed E-state index contributed by atoms with van der Waals surface area (Å²) in [5.74, 6) is -0.436. The maximum Gasteiger partial charge on any atom is 0.143 e. The highest BCUT2D eigenvalue weighted by atomic mass is 19.1. The average Bonchev–Trinajstić information content (AvgIpc) is 2.11. The summed E-state index contributed by atoms with van der Waals surface area (Å²) < 4.78 is 13.0. The van der Waals surface area contributed by atoms with Crippen molar-refractivity contribution in [1.29, 1.82) is 0 Å². The number of aliphatic hydroxyl groups is 1. The first-order valence-corrected chi connectivity index (χ1v) is 4.02. The Hall–Kier alpha value is -0.640. The second-order valence-corrected chi connectivity index (χ2v) is 2.72. The number of hydrogen-bond donors (Lipinski definition) is 1. The fraction of sp³-hybridized carbons (Fsp3) is 0.875. The number of alkyl halides is 1. The summed E-state index contributed by atoms with van der Waals surface area (Å²) in [7, 11) is 1.35. The van der Waals surface area contributed by atoms with Crippen molar-refractivity contribution < 1.29 is 14.3 Å². The van der Waals surface area contributed by atoms with Crippen LogP contribution in [0.25, 0.3) is 0 Å². The van der Waals surface area contributed by atoms with Crippen LogP contribution in [-0.4, -0.2) is 30.7 Å². The van der Waals surface area contributed by atoms with E-state index in [0.29, 0.717) is 6.42 Å². The molecule has 0 aliphatic rings. The Morgan fingerprint density at radius 1 is 1.67 bits per heavy atom. The van der Waals surface area contributed by atoms with E-state index >= 15 is 0 Å². The van der Waals surface area contributed by atoms with Crippen molar-refractivity contribution in [2.75, 3.05) is 7.11 Å². The monoisotopic (exact) mass is 177 g/mol. The van der Waals surface area contributed by atoms with Gasteiger partial charge in [0.15, 0.2) is 0 Å². The molecule has 0 unspecified atom stereocenters. The first kappa shape index (κ1) is 11.4. The second-order valence-electron chi connectivity index (χ2n) is 2.72. The molecule has 12 heavy (non-hydrogen) atoms. The van der Waals surface area contributed by atoms with Crippen LogP contribution in [-0.2, 0) is 4.84 Å². The van der Waals surface area contributed by atoms with E-state index in [-0.39, 0.29) is 0 Å². The normalized spacial score (nSPS) is 19.1. The van der Waals surface area contributed by atoms with E-state index in [0.717, 1.165) is 6.21 Å². The van der Waals surface area contributed by atoms with Crippen molar-refractivity contribution in [3.8, 4) is 0 Å². The van der Waals surface area contributed by atoms with Gasteiger partial charge in [0.2, 0.25) is 0 Å². The van der Waals surface area contributed by atoms with E-state index in [2.05, 4.69) is 9.99 Å². The van der Waals surface area contributed by atoms with Gasteiger partial charge in [-0.3, -0.25) is 0 Å². The number of aliphatic hydroxyl groups excluding tert-OH is 1. The van der Waals surface area contributed by atoms with Crippen LogP contribution < -0.4 is 0 Å². The van der Waals surface area contributed by atoms with Crippen molar-refractivity contribution >= 4 is 6.21 Å². The molecule has 0 amide bonds. The number of hydrogen-bond acceptors (Lipinski definition) is 3. The lowest BCUT2D eigenvalue weighted by Crippen LogP contribution is -2.27. The molecule has 0 aliphatic carbocycles. The van der Waals surface area contributed by atoms with Gasteiger partial charge in [-0.15, -0.1) is 0 Å². The summed E-state index contributed by atoms with van der Waals surface area (Å²) in [6.45, 7) is 3.45. The second kappa shape index (κ2) is 5.94. The SMILES string of the molecule is CC[C@@H](O)[C@@H](C)[C@H](F)/C=N/OC. The molecule has 0 saturated heterocycles. The number of nitrogens with zero attached hydrogens (tertiary/aromatic N) is 1. The Morgan fingerprint density at radius 3 is 2.67 bits per heavy atom. The van der Waals surface area contributed by atoms with Gasteiger partial charge in [-0.25, -0.2) is 4.39 Å². The van der Waals surface area contributed by atoms with Gasteiger partial charge in [-0.05, 0) is 6.42 Å². The van der Waals surface area contributed by atoms with Crippen LogP contribution in [0.3, 0.4) is 0 Å². The first-order chi connectivity index (χ1) is 5.63. The summed E-state index contributed by atoms with van der Waals surface area (Å²) in [5.41, 5.74) is 0. The van der Waals surface area contributed by atoms with E-state index in [1.54, 1.807) is 13.8 Å². The maximum atomic E-state index is 13.0. The molecule has 0 aromatic rings. The van der Waals surface area contributed by atoms with Gasteiger partial charge in [0.25, 0.3) is 0 Å². The quantitative estimate of drug-likeness (QED) is 0.509. The van der Waals surface area contributed by atoms with Crippen LogP contribution in [0.15, 0.2) is 5.16 Å². The Labute approximate surface area is 72.2 Å². The fourth-order valence-corrected chi connectivity index (χ4v) is 0.839. The summed E-state index contributed by atoms with van der Waals surface area (Å²) in [5, 5.41) is 12.6. The molecule has 0 aliphatic heterocycles. The predicted molar refractivity (Wildman–Crippen MR) is 45.9 cm³/mol. The smallest absolute Gasteiger partial charge is 0.143 e. The lowest BCUT2D eigenvalue weighted by Gasteiger charge is -2.17. The molecule has 1 N–H and O–H groups in total. The Bertz CT molecular complexity index is 141. The molecule has 0 aromatic heterocycles. The molecule has 3 atom stereocenters. The summed E-state index contributed by atoms with van der Waals surface area (Å²) in [4.78, 5) is 4.32. The lowest BCUT2D eigenvalue weighted by atomic mass is 9.98. The average molecular weight is 177 g/mol. The van der Waals surface area contributed by atoms with Crippen LogP contribution in [0.2, 0.25) is 0 Å². The number of rotatable bonds is 5. The maximum absolute atomic E-state index is 13.0. The molecular weight excluding hydrogens is 161 g/mol.